The minimum Gasteiger partial charge on any atom is -0.310 e. The Kier molecular flexibility index (Phi) is 0.978. The number of hydrogen-bond donors (Lipinski definition) is 1. The normalized spacial score (nSPS) is 18.9. The summed E-state index contributed by atoms with van der Waals surface area (Å²) in [7, 11) is 0. The van der Waals surface area contributed by atoms with Gasteiger partial charge in [0.05, 0.1) is 0 Å². The van der Waals surface area contributed by atoms with E-state index in [0.717, 1.165) is 0 Å². The molecule has 1 heterocycles. The Morgan fingerprint density at radius 2 is 2.00 bits per heavy atom. The number of carbonyl (C=O) groups excluding carboxylic acids is 1. The van der Waals surface area contributed by atoms with Crippen molar-refractivity contribution >= 4 is 29.1 Å². The number of nitrogens with one attached hydrogen (secondary N) is 1. The predicted molar refractivity (Wildman–Crippen MR) is 26.9 cm³/mol. The van der Waals surface area contributed by atoms with Gasteiger partial charge in [-0.15, -0.1) is 0 Å². The lowest BCUT2D eigenvalue weighted by Crippen LogP contribution is -2.31. The van der Waals surface area contributed by atoms with E-state index in [2.05, 4.69) is 5.32 Å². The van der Waals surface area contributed by atoms with Crippen molar-refractivity contribution in [2.24, 2.45) is 0 Å². The number of rotatable bonds is 0. The number of carbonyl (C=O) groups is 1. The van der Waals surface area contributed by atoms with Gasteiger partial charge in [-0.25, -0.2) is 0 Å². The van der Waals surface area contributed by atoms with E-state index in [1.807, 2.05) is 0 Å². The molecule has 0 saturated heterocycles. The Morgan fingerprint density at radius 1 is 1.43 bits per heavy atom. The molecule has 0 spiro atoms. The van der Waals surface area contributed by atoms with E-state index in [4.69, 9.17) is 23.2 Å². The smallest absolute Gasteiger partial charge is 0.270 e. The van der Waals surface area contributed by atoms with Gasteiger partial charge in [-0.2, -0.15) is 0 Å². The molecule has 0 bridgehead atoms. The standard InChI is InChI=1S/C3HCl2NO/c4-1-2(5)6-3(1)7/h(H,6,7). The third-order valence-corrected chi connectivity index (χ3v) is 1.36. The maximum atomic E-state index is 10.1. The van der Waals surface area contributed by atoms with E-state index < -0.39 is 0 Å². The van der Waals surface area contributed by atoms with Gasteiger partial charge in [-0.1, -0.05) is 23.2 Å². The van der Waals surface area contributed by atoms with E-state index in [-0.39, 0.29) is 16.1 Å². The molecule has 1 aliphatic heterocycles. The van der Waals surface area contributed by atoms with Crippen LogP contribution in [0.25, 0.3) is 0 Å². The summed E-state index contributed by atoms with van der Waals surface area (Å²) in [6.45, 7) is 0. The molecule has 1 rings (SSSR count). The molecule has 0 unspecified atom stereocenters. The van der Waals surface area contributed by atoms with Crippen LogP contribution in [0.3, 0.4) is 0 Å². The van der Waals surface area contributed by atoms with Crippen LogP contribution in [0.4, 0.5) is 0 Å². The molecule has 4 heteroatoms. The molecule has 1 N–H and O–H groups in total. The van der Waals surface area contributed by atoms with Crippen molar-refractivity contribution in [2.75, 3.05) is 0 Å². The van der Waals surface area contributed by atoms with Crippen LogP contribution in [0.2, 0.25) is 0 Å². The molecule has 0 saturated carbocycles. The minimum atomic E-state index is -0.299. The molecule has 1 amide bonds. The largest absolute Gasteiger partial charge is 0.310 e. The van der Waals surface area contributed by atoms with Gasteiger partial charge in [0.25, 0.3) is 5.91 Å². The average molecular weight is 138 g/mol. The second-order valence-corrected chi connectivity index (χ2v) is 1.84. The summed E-state index contributed by atoms with van der Waals surface area (Å²) in [5, 5.41) is 2.57. The van der Waals surface area contributed by atoms with Crippen LogP contribution in [0.5, 0.6) is 0 Å². The Labute approximate surface area is 50.1 Å². The summed E-state index contributed by atoms with van der Waals surface area (Å²) in [4.78, 5) is 10.1. The van der Waals surface area contributed by atoms with Crippen LogP contribution in [-0.2, 0) is 4.79 Å². The molecule has 0 aromatic rings. The summed E-state index contributed by atoms with van der Waals surface area (Å²) in [5.41, 5.74) is 0. The molecular formula is C3HCl2NO. The van der Waals surface area contributed by atoms with Gasteiger partial charge in [-0.3, -0.25) is 4.79 Å². The predicted octanol–water partition coefficient (Wildman–Crippen LogP) is 0.763. The lowest BCUT2D eigenvalue weighted by atomic mass is 10.4. The molecular weight excluding hydrogens is 137 g/mol. The third kappa shape index (κ3) is 0.598. The van der Waals surface area contributed by atoms with Crippen LogP contribution < -0.4 is 5.32 Å². The van der Waals surface area contributed by atoms with Crippen molar-refractivity contribution in [3.63, 3.8) is 0 Å². The maximum absolute atomic E-state index is 10.1. The molecule has 1 aliphatic rings. The first kappa shape index (κ1) is 4.94. The fourth-order valence-corrected chi connectivity index (χ4v) is 0.513. The zero-order valence-corrected chi connectivity index (χ0v) is 4.68. The van der Waals surface area contributed by atoms with Gasteiger partial charge < -0.3 is 5.32 Å². The Balaban J connectivity index is 2.85. The maximum Gasteiger partial charge on any atom is 0.270 e. The molecule has 0 aromatic heterocycles. The van der Waals surface area contributed by atoms with E-state index >= 15 is 0 Å². The number of amides is 1. The summed E-state index contributed by atoms with van der Waals surface area (Å²) in [6, 6.07) is 0. The zero-order chi connectivity index (χ0) is 5.44. The van der Waals surface area contributed by atoms with Gasteiger partial charge in [-0.05, 0) is 0 Å². The van der Waals surface area contributed by atoms with Crippen molar-refractivity contribution in [3.05, 3.63) is 10.2 Å². The topological polar surface area (TPSA) is 29.1 Å². The molecule has 0 atom stereocenters. The van der Waals surface area contributed by atoms with Crippen LogP contribution in [0.15, 0.2) is 10.2 Å². The Hall–Kier alpha value is -0.210. The summed E-state index contributed by atoms with van der Waals surface area (Å²) >= 11 is 10.4. The fraction of sp³-hybridized carbons (Fsp3) is 0. The minimum absolute atomic E-state index is 0.0988. The van der Waals surface area contributed by atoms with Crippen molar-refractivity contribution in [1.82, 2.24) is 5.32 Å². The van der Waals surface area contributed by atoms with Crippen LogP contribution in [0.1, 0.15) is 0 Å². The molecule has 0 radical (unpaired) electrons. The van der Waals surface area contributed by atoms with Gasteiger partial charge in [0.2, 0.25) is 0 Å². The lowest BCUT2D eigenvalue weighted by molar-refractivity contribution is -0.117. The van der Waals surface area contributed by atoms with E-state index in [1.54, 1.807) is 0 Å². The highest BCUT2D eigenvalue weighted by atomic mass is 35.5. The number of halogens is 2. The van der Waals surface area contributed by atoms with Crippen LogP contribution in [-0.4, -0.2) is 5.91 Å². The van der Waals surface area contributed by atoms with Gasteiger partial charge in [0, 0.05) is 0 Å². The second kappa shape index (κ2) is 1.39. The summed E-state index contributed by atoms with van der Waals surface area (Å²) < 4.78 is 0. The first-order valence-corrected chi connectivity index (χ1v) is 2.34. The molecule has 7 heavy (non-hydrogen) atoms. The van der Waals surface area contributed by atoms with Crippen LogP contribution in [0, 0.1) is 0 Å². The lowest BCUT2D eigenvalue weighted by Gasteiger charge is -2.11. The molecule has 0 aliphatic carbocycles. The Morgan fingerprint density at radius 3 is 2.00 bits per heavy atom. The monoisotopic (exact) mass is 137 g/mol. The van der Waals surface area contributed by atoms with E-state index in [9.17, 15) is 4.79 Å². The summed E-state index contributed by atoms with van der Waals surface area (Å²) in [5.74, 6) is -0.299. The van der Waals surface area contributed by atoms with Crippen molar-refractivity contribution in [2.45, 2.75) is 0 Å². The van der Waals surface area contributed by atoms with Crippen LogP contribution >= 0.6 is 23.2 Å². The average Bonchev–Trinajstić information content (AvgIpc) is 1.68. The van der Waals surface area contributed by atoms with Gasteiger partial charge >= 0.3 is 0 Å². The molecule has 0 aromatic carbocycles. The molecule has 0 fully saturated rings. The second-order valence-electron chi connectivity index (χ2n) is 1.08. The van der Waals surface area contributed by atoms with E-state index in [0.29, 0.717) is 0 Å². The van der Waals surface area contributed by atoms with Crippen molar-refractivity contribution in [3.8, 4) is 0 Å². The van der Waals surface area contributed by atoms with Crippen molar-refractivity contribution < 1.29 is 4.79 Å². The Bertz CT molecular complexity index is 151. The van der Waals surface area contributed by atoms with Crippen molar-refractivity contribution in [1.29, 1.82) is 0 Å². The highest BCUT2D eigenvalue weighted by Crippen LogP contribution is 2.19. The number of hydrogen-bond acceptors (Lipinski definition) is 1. The van der Waals surface area contributed by atoms with E-state index in [1.165, 1.54) is 0 Å². The summed E-state index contributed by atoms with van der Waals surface area (Å²) in [6.07, 6.45) is 0. The highest BCUT2D eigenvalue weighted by molar-refractivity contribution is 6.52. The molecule has 2 nitrogen and oxygen atoms in total. The highest BCUT2D eigenvalue weighted by Gasteiger charge is 2.22. The SMILES string of the molecule is O=C1NC(Cl)=C1Cl. The third-order valence-electron chi connectivity index (χ3n) is 0.615. The zero-order valence-electron chi connectivity index (χ0n) is 3.16. The molecule has 38 valence electrons. The first-order chi connectivity index (χ1) is 3.22. The quantitative estimate of drug-likeness (QED) is 0.492. The van der Waals surface area contributed by atoms with Gasteiger partial charge in [0.1, 0.15) is 10.2 Å². The fourth-order valence-electron chi connectivity index (χ4n) is 0.247. The first-order valence-electron chi connectivity index (χ1n) is 1.58. The van der Waals surface area contributed by atoms with Gasteiger partial charge in [0.15, 0.2) is 0 Å².